The van der Waals surface area contributed by atoms with Gasteiger partial charge in [-0.2, -0.15) is 0 Å². The summed E-state index contributed by atoms with van der Waals surface area (Å²) in [6.45, 7) is 9.40. The molecule has 0 aliphatic heterocycles. The molecule has 3 nitrogen and oxygen atoms in total. The van der Waals surface area contributed by atoms with Crippen LogP contribution >= 0.6 is 86.3 Å². The third-order valence-corrected chi connectivity index (χ3v) is 25.1. The van der Waals surface area contributed by atoms with Crippen molar-refractivity contribution in [3.05, 3.63) is 419 Å². The number of hydrogen-bond acceptors (Lipinski definition) is 2. The number of halogens is 5. The molecule has 0 atom stereocenters. The molecule has 0 bridgehead atoms. The van der Waals surface area contributed by atoms with Crippen LogP contribution in [-0.4, -0.2) is 4.57 Å². The highest BCUT2D eigenvalue weighted by Gasteiger charge is 2.38. The van der Waals surface area contributed by atoms with Crippen molar-refractivity contribution in [3.63, 3.8) is 0 Å². The summed E-state index contributed by atoms with van der Waals surface area (Å²) in [6, 6.07) is 133. The van der Waals surface area contributed by atoms with E-state index in [1.54, 1.807) is 0 Å². The highest BCUT2D eigenvalue weighted by Crippen LogP contribution is 2.53. The lowest BCUT2D eigenvalue weighted by Gasteiger charge is -2.28. The van der Waals surface area contributed by atoms with Gasteiger partial charge in [-0.1, -0.05) is 298 Å². The van der Waals surface area contributed by atoms with Gasteiger partial charge in [-0.15, -0.1) is 0 Å². The van der Waals surface area contributed by atoms with E-state index in [2.05, 4.69) is 480 Å². The van der Waals surface area contributed by atoms with Gasteiger partial charge >= 0.3 is 0 Å². The molecule has 3 aliphatic carbocycles. The van der Waals surface area contributed by atoms with Gasteiger partial charge < -0.3 is 14.4 Å². The monoisotopic (exact) mass is 1800 g/mol. The number of nitrogens with zero attached hydrogens (tertiary/aromatic N) is 3. The highest BCUT2D eigenvalue weighted by molar-refractivity contribution is 14.1. The molecule has 0 saturated heterocycles. The fraction of sp³-hybridized carbons (Fsp3) is 0.0680. The molecule has 17 aromatic rings. The summed E-state index contributed by atoms with van der Waals surface area (Å²) in [5.74, 6) is 0. The summed E-state index contributed by atoms with van der Waals surface area (Å²) in [5.41, 5.74) is 36.1. The van der Waals surface area contributed by atoms with Crippen LogP contribution in [0.2, 0.25) is 0 Å². The van der Waals surface area contributed by atoms with Gasteiger partial charge in [0.25, 0.3) is 0 Å². The Morgan fingerprint density at radius 2 is 0.622 bits per heavy atom. The van der Waals surface area contributed by atoms with Gasteiger partial charge in [0.2, 0.25) is 0 Å². The van der Waals surface area contributed by atoms with E-state index in [-0.39, 0.29) is 10.8 Å². The van der Waals surface area contributed by atoms with Gasteiger partial charge in [-0.25, -0.2) is 0 Å². The second kappa shape index (κ2) is 30.0. The predicted molar refractivity (Wildman–Crippen MR) is 492 cm³/mol. The van der Waals surface area contributed by atoms with E-state index < -0.39 is 0 Å². The molecule has 0 spiro atoms. The summed E-state index contributed by atoms with van der Waals surface area (Å²) >= 11 is 16.7. The molecule has 1 aromatic heterocycles. The Labute approximate surface area is 697 Å². The van der Waals surface area contributed by atoms with Crippen LogP contribution < -0.4 is 9.80 Å². The Kier molecular flexibility index (Phi) is 19.5. The van der Waals surface area contributed by atoms with Crippen LogP contribution in [-0.2, 0) is 17.3 Å². The standard InChI is InChI=1S/C51H36Br2N2.C46H34BrN.C6H4BrI/c1-51(2)47-14-7-6-13-43(47)44-26-25-42(32-48(44)51)54(39-21-15-34(16-22-39)33-9-4-3-5-10-33)40-23-17-35(18-24-40)36-19-27-49-45(29-36)46-31-38(53)20-28-50(46)55(49)41-12-8-11-37(52)30-41;1-46(2)44-11-7-6-10-40(44)41-25-24-39(29-45(41)46)48(37-20-15-31(16-21-37)30-8-4-3-5-9-30)38-22-17-32(18-23-38)33-12-13-34-26-35-14-19-36(47)28-43(35)42(34)27-33;7-5-2-1-3-6(8)4-5/h3-32H,1-2H3;3-25,27-29H,26H2,1-2H3;1-4H. The SMILES string of the molecule is Brc1cccc(I)c1.CC1(C)c2ccccc2-c2ccc(N(c3ccc(-c4ccccc4)cc3)c3ccc(-c4ccc5c(c4)-c4cc(Br)ccc4C5)cc3)cc21.CC1(C)c2ccccc2-c2ccc(N(c3ccc(-c4ccccc4)cc3)c3ccc(-c4ccc5c(c4)c4cc(Br)ccc4n5-c4cccc(Br)c4)cc3)cc21. The molecule has 0 radical (unpaired) electrons. The Morgan fingerprint density at radius 3 is 1.11 bits per heavy atom. The quantitative estimate of drug-likeness (QED) is 0.120. The van der Waals surface area contributed by atoms with Crippen molar-refractivity contribution in [1.29, 1.82) is 0 Å². The van der Waals surface area contributed by atoms with Crippen LogP contribution in [0.3, 0.4) is 0 Å². The topological polar surface area (TPSA) is 11.4 Å². The summed E-state index contributed by atoms with van der Waals surface area (Å²) in [4.78, 5) is 4.79. The van der Waals surface area contributed by atoms with Crippen LogP contribution in [0.1, 0.15) is 61.1 Å². The van der Waals surface area contributed by atoms with E-state index in [1.165, 1.54) is 137 Å². The first-order valence-corrected chi connectivity index (χ1v) is 41.7. The minimum absolute atomic E-state index is 0.0730. The average molecular weight is 1800 g/mol. The molecule has 20 rings (SSSR count). The molecule has 0 amide bonds. The van der Waals surface area contributed by atoms with E-state index in [1.807, 2.05) is 12.1 Å². The van der Waals surface area contributed by atoms with Crippen molar-refractivity contribution in [2.45, 2.75) is 44.9 Å². The Morgan fingerprint density at radius 1 is 0.261 bits per heavy atom. The van der Waals surface area contributed by atoms with Gasteiger partial charge in [0.05, 0.1) is 11.0 Å². The molecule has 536 valence electrons. The maximum Gasteiger partial charge on any atom is 0.0541 e. The minimum Gasteiger partial charge on any atom is -0.310 e. The smallest absolute Gasteiger partial charge is 0.0541 e. The average Bonchev–Trinajstić information content (AvgIpc) is 1.58. The van der Waals surface area contributed by atoms with E-state index in [0.717, 1.165) is 64.1 Å². The largest absolute Gasteiger partial charge is 0.310 e. The summed E-state index contributed by atoms with van der Waals surface area (Å²) < 4.78 is 8.01. The van der Waals surface area contributed by atoms with E-state index in [0.29, 0.717) is 0 Å². The Bertz CT molecular complexity index is 6390. The predicted octanol–water partition coefficient (Wildman–Crippen LogP) is 31.6. The molecule has 0 saturated carbocycles. The van der Waals surface area contributed by atoms with Crippen molar-refractivity contribution in [2.75, 3.05) is 9.80 Å². The van der Waals surface area contributed by atoms with Crippen LogP contribution in [0.25, 0.3) is 105 Å². The molecule has 3 aliphatic rings. The number of anilines is 6. The molecular formula is C103H74Br4IN3. The lowest BCUT2D eigenvalue weighted by molar-refractivity contribution is 0.660. The Balaban J connectivity index is 0.000000142. The summed E-state index contributed by atoms with van der Waals surface area (Å²) in [6.07, 6.45) is 0.998. The molecule has 1 heterocycles. The van der Waals surface area contributed by atoms with Crippen LogP contribution in [0.15, 0.2) is 382 Å². The maximum absolute atomic E-state index is 3.74. The Hall–Kier alpha value is -10.4. The van der Waals surface area contributed by atoms with Crippen LogP contribution in [0.5, 0.6) is 0 Å². The van der Waals surface area contributed by atoms with Crippen molar-refractivity contribution >= 4 is 142 Å². The van der Waals surface area contributed by atoms with Gasteiger partial charge in [-0.3, -0.25) is 0 Å². The van der Waals surface area contributed by atoms with Crippen molar-refractivity contribution < 1.29 is 0 Å². The second-order valence-corrected chi connectivity index (χ2v) is 34.8. The summed E-state index contributed by atoms with van der Waals surface area (Å²) in [5, 5.41) is 2.44. The first kappa shape index (κ1) is 72.1. The number of fused-ring (bicyclic) bond motifs is 12. The molecule has 8 heteroatoms. The number of benzene rings is 16. The molecule has 111 heavy (non-hydrogen) atoms. The molecule has 0 fully saturated rings. The molecular weight excluding hydrogens is 1730 g/mol. The number of rotatable bonds is 11. The van der Waals surface area contributed by atoms with Gasteiger partial charge in [0.15, 0.2) is 0 Å². The zero-order valence-corrected chi connectivity index (χ0v) is 70.1. The van der Waals surface area contributed by atoms with Gasteiger partial charge in [0, 0.05) is 82.9 Å². The fourth-order valence-electron chi connectivity index (χ4n) is 16.9. The first-order valence-electron chi connectivity index (χ1n) is 37.5. The number of aromatic nitrogens is 1. The first-order chi connectivity index (χ1) is 54.1. The minimum atomic E-state index is -0.0943. The fourth-order valence-corrected chi connectivity index (χ4v) is 19.4. The van der Waals surface area contributed by atoms with E-state index in [4.69, 9.17) is 0 Å². The van der Waals surface area contributed by atoms with E-state index >= 15 is 0 Å². The highest BCUT2D eigenvalue weighted by atomic mass is 127. The van der Waals surface area contributed by atoms with Crippen LogP contribution in [0, 0.1) is 3.57 Å². The lowest BCUT2D eigenvalue weighted by Crippen LogP contribution is -2.16. The second-order valence-electron chi connectivity index (χ2n) is 29.9. The molecule has 0 unspecified atom stereocenters. The number of hydrogen-bond donors (Lipinski definition) is 0. The zero-order valence-electron chi connectivity index (χ0n) is 61.6. The normalized spacial score (nSPS) is 12.8. The third-order valence-electron chi connectivity index (χ3n) is 22.5. The van der Waals surface area contributed by atoms with Crippen molar-refractivity contribution in [1.82, 2.24) is 4.57 Å². The molecule has 0 N–H and O–H groups in total. The van der Waals surface area contributed by atoms with E-state index in [9.17, 15) is 0 Å². The summed E-state index contributed by atoms with van der Waals surface area (Å²) in [7, 11) is 0. The zero-order chi connectivity index (χ0) is 75.7. The van der Waals surface area contributed by atoms with Gasteiger partial charge in [0.1, 0.15) is 0 Å². The third kappa shape index (κ3) is 13.9. The van der Waals surface area contributed by atoms with Crippen LogP contribution in [0.4, 0.5) is 34.1 Å². The van der Waals surface area contributed by atoms with Crippen molar-refractivity contribution in [2.24, 2.45) is 0 Å². The maximum atomic E-state index is 3.74. The molecule has 16 aromatic carbocycles. The lowest BCUT2D eigenvalue weighted by atomic mass is 9.82. The van der Waals surface area contributed by atoms with Gasteiger partial charge in [-0.05, 0) is 298 Å². The van der Waals surface area contributed by atoms with Crippen molar-refractivity contribution in [3.8, 4) is 83.6 Å².